The van der Waals surface area contributed by atoms with Crippen LogP contribution in [-0.2, 0) is 19.1 Å². The first-order valence-corrected chi connectivity index (χ1v) is 12.5. The van der Waals surface area contributed by atoms with E-state index in [9.17, 15) is 9.59 Å². The fraction of sp³-hybridized carbons (Fsp3) is 0.786. The topological polar surface area (TPSA) is 52.6 Å². The van der Waals surface area contributed by atoms with Crippen LogP contribution in [0.15, 0.2) is 23.3 Å². The fourth-order valence-corrected chi connectivity index (χ4v) is 4.55. The van der Waals surface area contributed by atoms with E-state index in [0.29, 0.717) is 11.8 Å². The Labute approximate surface area is 198 Å². The van der Waals surface area contributed by atoms with Crippen LogP contribution >= 0.6 is 0 Å². The molecule has 0 aromatic heterocycles. The van der Waals surface area contributed by atoms with Gasteiger partial charge in [0.25, 0.3) is 0 Å². The summed E-state index contributed by atoms with van der Waals surface area (Å²) in [5.41, 5.74) is 1.07. The monoisotopic (exact) mass is 450 g/mol. The van der Waals surface area contributed by atoms with E-state index in [-0.39, 0.29) is 24.8 Å². The molecule has 0 spiro atoms. The largest absolute Gasteiger partial charge is 0.455 e. The third-order valence-electron chi connectivity index (χ3n) is 5.38. The quantitative estimate of drug-likeness (QED) is 0.188. The molecule has 0 aliphatic rings. The minimum Gasteiger partial charge on any atom is -0.455 e. The molecule has 0 saturated heterocycles. The van der Waals surface area contributed by atoms with E-state index in [0.717, 1.165) is 12.8 Å². The van der Waals surface area contributed by atoms with Gasteiger partial charge in [-0.05, 0) is 78.4 Å². The summed E-state index contributed by atoms with van der Waals surface area (Å²) in [5, 5.41) is 0. The maximum atomic E-state index is 12.3. The van der Waals surface area contributed by atoms with Crippen molar-refractivity contribution >= 4 is 11.9 Å². The lowest BCUT2D eigenvalue weighted by Gasteiger charge is -2.24. The second kappa shape index (κ2) is 14.5. The van der Waals surface area contributed by atoms with Gasteiger partial charge in [-0.2, -0.15) is 0 Å². The molecule has 0 saturated carbocycles. The zero-order valence-corrected chi connectivity index (χ0v) is 22.6. The van der Waals surface area contributed by atoms with Crippen molar-refractivity contribution in [3.8, 4) is 0 Å². The molecule has 0 aliphatic heterocycles. The van der Waals surface area contributed by atoms with Crippen molar-refractivity contribution in [2.24, 2.45) is 11.8 Å². The standard InChI is InChI=1S/C28H50O4/c1-11-13-21(3)17-23(5)19-27(7,8)31-25(29)15-16-26(30)32-28(9,10)20-24(6)18-22(4)14-12-2/h19-22H,11-18H2,1-10H3. The Morgan fingerprint density at radius 2 is 1.03 bits per heavy atom. The zero-order chi connectivity index (χ0) is 24.9. The average molecular weight is 451 g/mol. The summed E-state index contributed by atoms with van der Waals surface area (Å²) in [7, 11) is 0. The number of rotatable bonds is 15. The smallest absolute Gasteiger partial charge is 0.307 e. The molecule has 0 radical (unpaired) electrons. The summed E-state index contributed by atoms with van der Waals surface area (Å²) < 4.78 is 11.3. The molecule has 32 heavy (non-hydrogen) atoms. The predicted molar refractivity (Wildman–Crippen MR) is 134 cm³/mol. The molecule has 0 aliphatic carbocycles. The molecule has 186 valence electrons. The number of carbonyl (C=O) groups excluding carboxylic acids is 2. The number of allylic oxidation sites excluding steroid dienone is 2. The van der Waals surface area contributed by atoms with Crippen molar-refractivity contribution in [3.05, 3.63) is 23.3 Å². The van der Waals surface area contributed by atoms with Gasteiger partial charge in [-0.25, -0.2) is 0 Å². The van der Waals surface area contributed by atoms with E-state index < -0.39 is 11.2 Å². The molecule has 0 aromatic carbocycles. The second-order valence-corrected chi connectivity index (χ2v) is 10.8. The number of ether oxygens (including phenoxy) is 2. The van der Waals surface area contributed by atoms with Gasteiger partial charge in [-0.15, -0.1) is 0 Å². The molecule has 0 heterocycles. The highest BCUT2D eigenvalue weighted by molar-refractivity contribution is 5.78. The van der Waals surface area contributed by atoms with E-state index in [1.54, 1.807) is 0 Å². The predicted octanol–water partition coefficient (Wildman–Crippen LogP) is 7.96. The third kappa shape index (κ3) is 15.3. The van der Waals surface area contributed by atoms with E-state index in [2.05, 4.69) is 41.5 Å². The Kier molecular flexibility index (Phi) is 13.8. The number of hydrogen-bond acceptors (Lipinski definition) is 4. The number of carbonyl (C=O) groups is 2. The molecule has 2 unspecified atom stereocenters. The first-order valence-electron chi connectivity index (χ1n) is 12.5. The molecule has 0 aromatic rings. The van der Waals surface area contributed by atoms with E-state index in [1.165, 1.54) is 36.8 Å². The Balaban J connectivity index is 4.64. The molecule has 0 bridgehead atoms. The van der Waals surface area contributed by atoms with Gasteiger partial charge in [0.1, 0.15) is 11.2 Å². The van der Waals surface area contributed by atoms with Crippen molar-refractivity contribution in [2.45, 2.75) is 132 Å². The fourth-order valence-electron chi connectivity index (χ4n) is 4.55. The first kappa shape index (κ1) is 30.4. The van der Waals surface area contributed by atoms with E-state index >= 15 is 0 Å². The van der Waals surface area contributed by atoms with Gasteiger partial charge in [0.05, 0.1) is 12.8 Å². The van der Waals surface area contributed by atoms with Crippen LogP contribution in [0, 0.1) is 11.8 Å². The average Bonchev–Trinajstić information content (AvgIpc) is 2.57. The van der Waals surface area contributed by atoms with Crippen LogP contribution in [0.25, 0.3) is 0 Å². The van der Waals surface area contributed by atoms with Gasteiger partial charge in [0.2, 0.25) is 0 Å². The van der Waals surface area contributed by atoms with E-state index in [4.69, 9.17) is 9.47 Å². The van der Waals surface area contributed by atoms with E-state index in [1.807, 2.05) is 39.8 Å². The summed E-state index contributed by atoms with van der Waals surface area (Å²) in [6.45, 7) is 20.6. The number of hydrogen-bond donors (Lipinski definition) is 0. The van der Waals surface area contributed by atoms with Crippen molar-refractivity contribution in [1.29, 1.82) is 0 Å². The zero-order valence-electron chi connectivity index (χ0n) is 22.6. The second-order valence-electron chi connectivity index (χ2n) is 10.8. The Morgan fingerprint density at radius 3 is 1.31 bits per heavy atom. The molecule has 0 N–H and O–H groups in total. The lowest BCUT2D eigenvalue weighted by Crippen LogP contribution is -2.28. The maximum absolute atomic E-state index is 12.3. The van der Waals surface area contributed by atoms with Crippen molar-refractivity contribution in [1.82, 2.24) is 0 Å². The van der Waals surface area contributed by atoms with Gasteiger partial charge in [0, 0.05) is 0 Å². The highest BCUT2D eigenvalue weighted by Gasteiger charge is 2.24. The summed E-state index contributed by atoms with van der Waals surface area (Å²) >= 11 is 0. The molecule has 0 fully saturated rings. The first-order chi connectivity index (χ1) is 14.7. The van der Waals surface area contributed by atoms with Crippen molar-refractivity contribution in [3.63, 3.8) is 0 Å². The van der Waals surface area contributed by atoms with Gasteiger partial charge in [-0.1, -0.05) is 64.5 Å². The lowest BCUT2D eigenvalue weighted by molar-refractivity contribution is -0.159. The molecule has 2 atom stereocenters. The lowest BCUT2D eigenvalue weighted by atomic mass is 9.94. The third-order valence-corrected chi connectivity index (χ3v) is 5.38. The maximum Gasteiger partial charge on any atom is 0.307 e. The Hall–Kier alpha value is -1.58. The summed E-state index contributed by atoms with van der Waals surface area (Å²) in [5.74, 6) is 0.480. The molecular formula is C28H50O4. The summed E-state index contributed by atoms with van der Waals surface area (Å²) in [6.07, 6.45) is 10.8. The highest BCUT2D eigenvalue weighted by atomic mass is 16.6. The number of esters is 2. The SMILES string of the molecule is CCCC(C)CC(C)=CC(C)(C)OC(=O)CCC(=O)OC(C)(C)C=C(C)CC(C)CCC. The summed E-state index contributed by atoms with van der Waals surface area (Å²) in [4.78, 5) is 24.6. The van der Waals surface area contributed by atoms with Gasteiger partial charge in [-0.3, -0.25) is 9.59 Å². The highest BCUT2D eigenvalue weighted by Crippen LogP contribution is 2.23. The van der Waals surface area contributed by atoms with Crippen molar-refractivity contribution in [2.75, 3.05) is 0 Å². The minimum absolute atomic E-state index is 0.0215. The van der Waals surface area contributed by atoms with Crippen LogP contribution in [-0.4, -0.2) is 23.1 Å². The van der Waals surface area contributed by atoms with Gasteiger partial charge < -0.3 is 9.47 Å². The minimum atomic E-state index is -0.689. The molecule has 4 nitrogen and oxygen atoms in total. The van der Waals surface area contributed by atoms with Crippen LogP contribution in [0.3, 0.4) is 0 Å². The van der Waals surface area contributed by atoms with Crippen LogP contribution in [0.2, 0.25) is 0 Å². The van der Waals surface area contributed by atoms with Crippen LogP contribution in [0.4, 0.5) is 0 Å². The van der Waals surface area contributed by atoms with Crippen LogP contribution in [0.1, 0.15) is 121 Å². The molecule has 4 heteroatoms. The Morgan fingerprint density at radius 1 is 0.719 bits per heavy atom. The van der Waals surface area contributed by atoms with Crippen molar-refractivity contribution < 1.29 is 19.1 Å². The summed E-state index contributed by atoms with van der Waals surface area (Å²) in [6, 6.07) is 0. The van der Waals surface area contributed by atoms with Crippen LogP contribution < -0.4 is 0 Å². The van der Waals surface area contributed by atoms with Gasteiger partial charge in [0.15, 0.2) is 0 Å². The molecule has 0 amide bonds. The van der Waals surface area contributed by atoms with Crippen LogP contribution in [0.5, 0.6) is 0 Å². The normalized spacial score (nSPS) is 15.3. The molecule has 0 rings (SSSR count). The Bertz CT molecular complexity index is 584. The van der Waals surface area contributed by atoms with Gasteiger partial charge >= 0.3 is 11.9 Å². The molecular weight excluding hydrogens is 400 g/mol.